The highest BCUT2D eigenvalue weighted by Crippen LogP contribution is 2.30. The van der Waals surface area contributed by atoms with Gasteiger partial charge >= 0.3 is 0 Å². The molecule has 1 aromatic heterocycles. The van der Waals surface area contributed by atoms with Gasteiger partial charge in [0.05, 0.1) is 7.11 Å². The van der Waals surface area contributed by atoms with Gasteiger partial charge in [0, 0.05) is 34.4 Å². The minimum atomic E-state index is 0.437. The molecule has 1 atom stereocenters. The van der Waals surface area contributed by atoms with Crippen LogP contribution in [0.15, 0.2) is 42.5 Å². The molecule has 2 aliphatic rings. The monoisotopic (exact) mass is 263 g/mol. The molecule has 0 fully saturated rings. The summed E-state index contributed by atoms with van der Waals surface area (Å²) in [6.07, 6.45) is 8.81. The second-order valence-electron chi connectivity index (χ2n) is 5.53. The lowest BCUT2D eigenvalue weighted by molar-refractivity contribution is 0.415. The van der Waals surface area contributed by atoms with E-state index in [1.54, 1.807) is 7.11 Å². The maximum absolute atomic E-state index is 5.40. The second-order valence-corrected chi connectivity index (χ2v) is 5.53. The predicted molar refractivity (Wildman–Crippen MR) is 83.0 cm³/mol. The van der Waals surface area contributed by atoms with Gasteiger partial charge in [-0.3, -0.25) is 0 Å². The summed E-state index contributed by atoms with van der Waals surface area (Å²) >= 11 is 0. The van der Waals surface area contributed by atoms with Gasteiger partial charge in [-0.1, -0.05) is 24.3 Å². The van der Waals surface area contributed by atoms with Gasteiger partial charge in [-0.15, -0.1) is 0 Å². The first-order valence-corrected chi connectivity index (χ1v) is 6.94. The van der Waals surface area contributed by atoms with Crippen molar-refractivity contribution < 1.29 is 4.74 Å². The van der Waals surface area contributed by atoms with Crippen molar-refractivity contribution in [1.82, 2.24) is 4.57 Å². The van der Waals surface area contributed by atoms with Crippen LogP contribution in [-0.4, -0.2) is 11.7 Å². The largest absolute Gasteiger partial charge is 0.497 e. The zero-order chi connectivity index (χ0) is 13.9. The molecule has 0 amide bonds. The normalized spacial score (nSPS) is 19.6. The number of nitrogens with zero attached hydrogens (tertiary/aromatic N) is 1. The van der Waals surface area contributed by atoms with Crippen LogP contribution in [0.25, 0.3) is 22.0 Å². The molecule has 1 unspecified atom stereocenters. The van der Waals surface area contributed by atoms with E-state index in [1.165, 1.54) is 32.6 Å². The van der Waals surface area contributed by atoms with E-state index in [0.717, 1.165) is 5.75 Å². The summed E-state index contributed by atoms with van der Waals surface area (Å²) in [5.74, 6) is 1.36. The van der Waals surface area contributed by atoms with Gasteiger partial charge in [0.25, 0.3) is 0 Å². The molecule has 4 rings (SSSR count). The molecular weight excluding hydrogens is 246 g/mol. The summed E-state index contributed by atoms with van der Waals surface area (Å²) in [5, 5.41) is 4.03. The summed E-state index contributed by atoms with van der Waals surface area (Å²) in [4.78, 5) is 0. The van der Waals surface area contributed by atoms with E-state index in [9.17, 15) is 0 Å². The molecule has 2 nitrogen and oxygen atoms in total. The van der Waals surface area contributed by atoms with Crippen LogP contribution in [0, 0.1) is 5.92 Å². The number of hydrogen-bond donors (Lipinski definition) is 0. The van der Waals surface area contributed by atoms with E-state index >= 15 is 0 Å². The van der Waals surface area contributed by atoms with Crippen LogP contribution in [0.2, 0.25) is 0 Å². The zero-order valence-electron chi connectivity index (χ0n) is 12.0. The molecule has 0 aliphatic heterocycles. The Balaban J connectivity index is 2.26. The van der Waals surface area contributed by atoms with Gasteiger partial charge in [-0.25, -0.2) is 0 Å². The third-order valence-electron chi connectivity index (χ3n) is 4.56. The first-order chi connectivity index (χ1) is 9.72. The van der Waals surface area contributed by atoms with Crippen molar-refractivity contribution in [1.29, 1.82) is 0 Å². The number of fused-ring (bicyclic) bond motifs is 4. The summed E-state index contributed by atoms with van der Waals surface area (Å²) in [6, 6.07) is 6.34. The Kier molecular flexibility index (Phi) is 2.25. The molecule has 0 spiro atoms. The van der Waals surface area contributed by atoms with Crippen LogP contribution in [0.5, 0.6) is 5.75 Å². The maximum atomic E-state index is 5.40. The van der Waals surface area contributed by atoms with Gasteiger partial charge in [-0.2, -0.15) is 0 Å². The number of benzene rings is 1. The quantitative estimate of drug-likeness (QED) is 0.770. The molecule has 1 heterocycles. The second kappa shape index (κ2) is 3.89. The summed E-state index contributed by atoms with van der Waals surface area (Å²) in [5.41, 5.74) is 4.12. The van der Waals surface area contributed by atoms with Gasteiger partial charge in [0.2, 0.25) is 0 Å². The highest BCUT2D eigenvalue weighted by atomic mass is 16.5. The van der Waals surface area contributed by atoms with Crippen molar-refractivity contribution in [3.63, 3.8) is 0 Å². The SMILES string of the molecule is COc1ccc2c(c1)c1c(n2C)=C(C)C2C=CC=CC=12. The van der Waals surface area contributed by atoms with E-state index in [0.29, 0.717) is 5.92 Å². The van der Waals surface area contributed by atoms with Gasteiger partial charge in [0.1, 0.15) is 5.75 Å². The topological polar surface area (TPSA) is 14.2 Å². The van der Waals surface area contributed by atoms with Crippen molar-refractivity contribution in [2.45, 2.75) is 6.92 Å². The lowest BCUT2D eigenvalue weighted by Crippen LogP contribution is -2.27. The molecule has 2 aromatic rings. The Hall–Kier alpha value is -2.22. The molecule has 0 N–H and O–H groups in total. The van der Waals surface area contributed by atoms with E-state index in [4.69, 9.17) is 4.74 Å². The van der Waals surface area contributed by atoms with Gasteiger partial charge < -0.3 is 9.30 Å². The minimum Gasteiger partial charge on any atom is -0.497 e. The predicted octanol–water partition coefficient (Wildman–Crippen LogP) is 2.26. The van der Waals surface area contributed by atoms with Crippen LogP contribution >= 0.6 is 0 Å². The molecule has 1 aromatic carbocycles. The third kappa shape index (κ3) is 1.29. The minimum absolute atomic E-state index is 0.437. The van der Waals surface area contributed by atoms with E-state index in [2.05, 4.69) is 55.0 Å². The first-order valence-electron chi connectivity index (χ1n) is 6.94. The van der Waals surface area contributed by atoms with E-state index in [1.807, 2.05) is 6.07 Å². The molecule has 0 bridgehead atoms. The third-order valence-corrected chi connectivity index (χ3v) is 4.56. The van der Waals surface area contributed by atoms with Crippen molar-refractivity contribution >= 4 is 22.0 Å². The summed E-state index contributed by atoms with van der Waals surface area (Å²) in [7, 11) is 3.88. The number of ether oxygens (including phenoxy) is 1. The fourth-order valence-electron chi connectivity index (χ4n) is 3.61. The average Bonchev–Trinajstić information content (AvgIpc) is 2.95. The molecule has 2 aliphatic carbocycles. The standard InChI is InChI=1S/C18H17NO/c1-11-13-6-4-5-7-14(13)17-15-10-12(20-3)8-9-16(15)19(2)18(11)17/h4-10,13H,1-3H3. The first kappa shape index (κ1) is 11.6. The highest BCUT2D eigenvalue weighted by molar-refractivity contribution is 5.91. The van der Waals surface area contributed by atoms with Crippen molar-refractivity contribution in [2.24, 2.45) is 13.0 Å². The molecule has 0 saturated heterocycles. The number of rotatable bonds is 1. The van der Waals surface area contributed by atoms with Gasteiger partial charge in [0.15, 0.2) is 0 Å². The lowest BCUT2D eigenvalue weighted by Gasteiger charge is -2.13. The summed E-state index contributed by atoms with van der Waals surface area (Å²) < 4.78 is 7.71. The molecule has 2 heteroatoms. The molecule has 100 valence electrons. The Morgan fingerprint density at radius 3 is 2.85 bits per heavy atom. The van der Waals surface area contributed by atoms with Crippen LogP contribution in [0.3, 0.4) is 0 Å². The number of aryl methyl sites for hydroxylation is 1. The fraction of sp³-hybridized carbons (Fsp3) is 0.222. The zero-order valence-corrected chi connectivity index (χ0v) is 12.0. The van der Waals surface area contributed by atoms with Gasteiger partial charge in [-0.05, 0) is 36.3 Å². The average molecular weight is 263 g/mol. The van der Waals surface area contributed by atoms with Crippen molar-refractivity contribution in [3.05, 3.63) is 53.1 Å². The van der Waals surface area contributed by atoms with Crippen LogP contribution in [0.1, 0.15) is 6.92 Å². The van der Waals surface area contributed by atoms with E-state index < -0.39 is 0 Å². The summed E-state index contributed by atoms with van der Waals surface area (Å²) in [6.45, 7) is 2.25. The van der Waals surface area contributed by atoms with E-state index in [-0.39, 0.29) is 0 Å². The highest BCUT2D eigenvalue weighted by Gasteiger charge is 2.24. The molecule has 20 heavy (non-hydrogen) atoms. The maximum Gasteiger partial charge on any atom is 0.119 e. The van der Waals surface area contributed by atoms with Crippen molar-refractivity contribution in [3.8, 4) is 5.75 Å². The molecule has 0 saturated carbocycles. The number of aromatic nitrogens is 1. The Labute approximate surface area is 118 Å². The van der Waals surface area contributed by atoms with Crippen LogP contribution < -0.4 is 15.3 Å². The number of hydrogen-bond acceptors (Lipinski definition) is 1. The lowest BCUT2D eigenvalue weighted by atomic mass is 9.91. The molecule has 0 radical (unpaired) electrons. The molecular formula is C18H17NO. The Bertz CT molecular complexity index is 909. The number of methoxy groups -OCH3 is 1. The van der Waals surface area contributed by atoms with Crippen molar-refractivity contribution in [2.75, 3.05) is 7.11 Å². The number of allylic oxidation sites excluding steroid dienone is 4. The van der Waals surface area contributed by atoms with Crippen LogP contribution in [-0.2, 0) is 7.05 Å². The van der Waals surface area contributed by atoms with Crippen LogP contribution in [0.4, 0.5) is 0 Å². The Morgan fingerprint density at radius 1 is 1.20 bits per heavy atom. The smallest absolute Gasteiger partial charge is 0.119 e. The fourth-order valence-corrected chi connectivity index (χ4v) is 3.61. The Morgan fingerprint density at radius 2 is 2.05 bits per heavy atom.